The van der Waals surface area contributed by atoms with Crippen molar-refractivity contribution in [2.24, 2.45) is 0 Å². The second-order valence-corrected chi connectivity index (χ2v) is 7.57. The lowest BCUT2D eigenvalue weighted by Gasteiger charge is -2.13. The summed E-state index contributed by atoms with van der Waals surface area (Å²) in [6.45, 7) is 5.97. The largest absolute Gasteiger partial charge is 0.466 e. The minimum Gasteiger partial charge on any atom is -0.466 e. The number of furan rings is 1. The quantitative estimate of drug-likeness (QED) is 0.531. The monoisotopic (exact) mass is 404 g/mol. The van der Waals surface area contributed by atoms with Gasteiger partial charge in [-0.2, -0.15) is 0 Å². The number of aryl methyl sites for hydroxylation is 3. The number of hydrogen-bond donors (Lipinski definition) is 1. The molecule has 3 aromatic heterocycles. The Balaban J connectivity index is 1.65. The Morgan fingerprint density at radius 1 is 1.10 bits per heavy atom. The number of carbonyl (C=O) groups is 1. The fraction of sp³-hybridized carbons (Fsp3) is 0.261. The molecule has 30 heavy (non-hydrogen) atoms. The van der Waals surface area contributed by atoms with Gasteiger partial charge in [-0.05, 0) is 50.6 Å². The van der Waals surface area contributed by atoms with E-state index in [1.54, 1.807) is 13.0 Å². The van der Waals surface area contributed by atoms with E-state index in [1.165, 1.54) is 0 Å². The maximum Gasteiger partial charge on any atom is 0.259 e. The van der Waals surface area contributed by atoms with E-state index in [4.69, 9.17) is 8.94 Å². The summed E-state index contributed by atoms with van der Waals surface area (Å²) in [6.07, 6.45) is 0. The SMILES string of the molecule is Cc1cc(-c2cc(C(=O)NCc3ccc(N(C)C)cc3)c3c(C)noc3n2)c(C)o1. The third-order valence-electron chi connectivity index (χ3n) is 5.08. The first-order chi connectivity index (χ1) is 14.3. The number of hydrogen-bond acceptors (Lipinski definition) is 6. The van der Waals surface area contributed by atoms with E-state index in [1.807, 2.05) is 63.2 Å². The van der Waals surface area contributed by atoms with Crippen LogP contribution in [-0.4, -0.2) is 30.1 Å². The predicted octanol–water partition coefficient (Wildman–Crippen LogP) is 4.40. The standard InChI is InChI=1S/C23H24N4O3/c1-13-10-18(15(3)29-13)20-11-19(21-14(2)26-30-23(21)25-20)22(28)24-12-16-6-8-17(9-7-16)27(4)5/h6-11H,12H2,1-5H3,(H,24,28). The highest BCUT2D eigenvalue weighted by atomic mass is 16.5. The van der Waals surface area contributed by atoms with E-state index in [0.29, 0.717) is 34.6 Å². The summed E-state index contributed by atoms with van der Waals surface area (Å²) < 4.78 is 11.0. The molecule has 0 atom stereocenters. The number of amides is 1. The molecule has 154 valence electrons. The third kappa shape index (κ3) is 3.66. The van der Waals surface area contributed by atoms with Gasteiger partial charge in [-0.3, -0.25) is 4.79 Å². The topological polar surface area (TPSA) is 84.4 Å². The summed E-state index contributed by atoms with van der Waals surface area (Å²) in [5.41, 5.74) is 5.02. The molecule has 1 N–H and O–H groups in total. The number of nitrogens with zero attached hydrogens (tertiary/aromatic N) is 3. The highest BCUT2D eigenvalue weighted by Crippen LogP contribution is 2.30. The number of benzene rings is 1. The fourth-order valence-electron chi connectivity index (χ4n) is 3.49. The van der Waals surface area contributed by atoms with Crippen molar-refractivity contribution >= 4 is 22.7 Å². The lowest BCUT2D eigenvalue weighted by Crippen LogP contribution is -2.23. The Labute approximate surface area is 174 Å². The van der Waals surface area contributed by atoms with Crippen LogP contribution in [0.4, 0.5) is 5.69 Å². The molecular formula is C23H24N4O3. The number of anilines is 1. The molecular weight excluding hydrogens is 380 g/mol. The van der Waals surface area contributed by atoms with Crippen molar-refractivity contribution in [2.45, 2.75) is 27.3 Å². The van der Waals surface area contributed by atoms with Gasteiger partial charge in [0.05, 0.1) is 22.3 Å². The first-order valence-electron chi connectivity index (χ1n) is 9.72. The Hall–Kier alpha value is -3.61. The van der Waals surface area contributed by atoms with Gasteiger partial charge in [-0.25, -0.2) is 4.98 Å². The lowest BCUT2D eigenvalue weighted by molar-refractivity contribution is 0.0952. The minimum atomic E-state index is -0.204. The summed E-state index contributed by atoms with van der Waals surface area (Å²) >= 11 is 0. The van der Waals surface area contributed by atoms with E-state index in [0.717, 1.165) is 28.3 Å². The minimum absolute atomic E-state index is 0.204. The summed E-state index contributed by atoms with van der Waals surface area (Å²) in [5.74, 6) is 1.32. The van der Waals surface area contributed by atoms with Gasteiger partial charge in [0.2, 0.25) is 0 Å². The van der Waals surface area contributed by atoms with Gasteiger partial charge in [0.25, 0.3) is 11.6 Å². The van der Waals surface area contributed by atoms with Gasteiger partial charge in [-0.1, -0.05) is 17.3 Å². The van der Waals surface area contributed by atoms with E-state index in [-0.39, 0.29) is 5.91 Å². The van der Waals surface area contributed by atoms with Crippen LogP contribution in [0.2, 0.25) is 0 Å². The van der Waals surface area contributed by atoms with Crippen LogP contribution in [0.25, 0.3) is 22.4 Å². The molecule has 1 aromatic carbocycles. The normalized spacial score (nSPS) is 11.1. The molecule has 0 aliphatic heterocycles. The molecule has 0 radical (unpaired) electrons. The van der Waals surface area contributed by atoms with E-state index in [9.17, 15) is 4.79 Å². The van der Waals surface area contributed by atoms with Gasteiger partial charge in [0.15, 0.2) is 0 Å². The van der Waals surface area contributed by atoms with E-state index in [2.05, 4.69) is 15.5 Å². The van der Waals surface area contributed by atoms with Crippen LogP contribution in [0.3, 0.4) is 0 Å². The second-order valence-electron chi connectivity index (χ2n) is 7.57. The number of rotatable bonds is 5. The van der Waals surface area contributed by atoms with Crippen molar-refractivity contribution in [1.29, 1.82) is 0 Å². The van der Waals surface area contributed by atoms with Crippen molar-refractivity contribution in [3.8, 4) is 11.3 Å². The summed E-state index contributed by atoms with van der Waals surface area (Å²) in [4.78, 5) is 19.7. The number of pyridine rings is 1. The zero-order valence-corrected chi connectivity index (χ0v) is 17.7. The molecule has 7 nitrogen and oxygen atoms in total. The number of aromatic nitrogens is 2. The van der Waals surface area contributed by atoms with Crippen molar-refractivity contribution in [3.63, 3.8) is 0 Å². The molecule has 0 aliphatic carbocycles. The molecule has 0 bridgehead atoms. The summed E-state index contributed by atoms with van der Waals surface area (Å²) in [7, 11) is 3.99. The molecule has 0 unspecified atom stereocenters. The number of fused-ring (bicyclic) bond motifs is 1. The van der Waals surface area contributed by atoms with Crippen LogP contribution in [-0.2, 0) is 6.54 Å². The maximum absolute atomic E-state index is 13.1. The highest BCUT2D eigenvalue weighted by Gasteiger charge is 2.21. The molecule has 0 spiro atoms. The molecule has 3 heterocycles. The Morgan fingerprint density at radius 2 is 1.83 bits per heavy atom. The van der Waals surface area contributed by atoms with Crippen LogP contribution in [0.15, 0.2) is 45.3 Å². The van der Waals surface area contributed by atoms with Gasteiger partial charge < -0.3 is 19.2 Å². The van der Waals surface area contributed by atoms with Crippen molar-refractivity contribution < 1.29 is 13.7 Å². The molecule has 1 amide bonds. The Kier molecular flexibility index (Phi) is 5.03. The first kappa shape index (κ1) is 19.7. The fourth-order valence-corrected chi connectivity index (χ4v) is 3.49. The van der Waals surface area contributed by atoms with Crippen molar-refractivity contribution in [1.82, 2.24) is 15.5 Å². The maximum atomic E-state index is 13.1. The van der Waals surface area contributed by atoms with Gasteiger partial charge >= 0.3 is 0 Å². The van der Waals surface area contributed by atoms with Crippen molar-refractivity contribution in [3.05, 3.63) is 64.7 Å². The van der Waals surface area contributed by atoms with Crippen LogP contribution < -0.4 is 10.2 Å². The van der Waals surface area contributed by atoms with Crippen LogP contribution >= 0.6 is 0 Å². The average Bonchev–Trinajstić information content (AvgIpc) is 3.27. The number of carbonyl (C=O) groups excluding carboxylic acids is 1. The molecule has 4 rings (SSSR count). The first-order valence-corrected chi connectivity index (χ1v) is 9.72. The molecule has 0 aliphatic rings. The smallest absolute Gasteiger partial charge is 0.259 e. The molecule has 0 saturated carbocycles. The van der Waals surface area contributed by atoms with Crippen molar-refractivity contribution in [2.75, 3.05) is 19.0 Å². The Morgan fingerprint density at radius 3 is 2.47 bits per heavy atom. The summed E-state index contributed by atoms with van der Waals surface area (Å²) in [6, 6.07) is 11.7. The zero-order valence-electron chi connectivity index (χ0n) is 17.7. The van der Waals surface area contributed by atoms with E-state index < -0.39 is 0 Å². The molecule has 0 fully saturated rings. The lowest BCUT2D eigenvalue weighted by atomic mass is 10.1. The average molecular weight is 404 g/mol. The van der Waals surface area contributed by atoms with E-state index >= 15 is 0 Å². The molecule has 0 saturated heterocycles. The van der Waals surface area contributed by atoms with Crippen LogP contribution in [0.1, 0.15) is 33.1 Å². The van der Waals surface area contributed by atoms with Gasteiger partial charge in [-0.15, -0.1) is 0 Å². The number of nitrogens with one attached hydrogen (secondary N) is 1. The zero-order chi connectivity index (χ0) is 21.4. The molecule has 4 aromatic rings. The third-order valence-corrected chi connectivity index (χ3v) is 5.08. The predicted molar refractivity (Wildman–Crippen MR) is 116 cm³/mol. The van der Waals surface area contributed by atoms with Gasteiger partial charge in [0, 0.05) is 31.9 Å². The molecule has 7 heteroatoms. The Bertz CT molecular complexity index is 1220. The van der Waals surface area contributed by atoms with Gasteiger partial charge in [0.1, 0.15) is 11.5 Å². The highest BCUT2D eigenvalue weighted by molar-refractivity contribution is 6.07. The van der Waals surface area contributed by atoms with Crippen LogP contribution in [0, 0.1) is 20.8 Å². The van der Waals surface area contributed by atoms with Crippen LogP contribution in [0.5, 0.6) is 0 Å². The summed E-state index contributed by atoms with van der Waals surface area (Å²) in [5, 5.41) is 7.62. The second kappa shape index (κ2) is 7.67.